The van der Waals surface area contributed by atoms with Crippen molar-refractivity contribution in [2.45, 2.75) is 30.8 Å². The van der Waals surface area contributed by atoms with Gasteiger partial charge in [-0.1, -0.05) is 0 Å². The lowest BCUT2D eigenvalue weighted by atomic mass is 10.0. The van der Waals surface area contributed by atoms with E-state index in [0.717, 1.165) is 35.6 Å². The van der Waals surface area contributed by atoms with Crippen LogP contribution in [0.3, 0.4) is 0 Å². The standard InChI is InChI=1S/C15H16N2O3S/c18-14(15(19)5-6-21-8-15)16-10-3-4-12-11(7-10)17-13(20-12)9-1-2-9/h3-4,7,9,19H,1-2,5-6,8H2,(H,16,18). The van der Waals surface area contributed by atoms with E-state index in [1.807, 2.05) is 6.07 Å². The fourth-order valence-corrected chi connectivity index (χ4v) is 3.75. The summed E-state index contributed by atoms with van der Waals surface area (Å²) >= 11 is 1.60. The Morgan fingerprint density at radius 3 is 3.05 bits per heavy atom. The highest BCUT2D eigenvalue weighted by Gasteiger charge is 2.39. The minimum Gasteiger partial charge on any atom is -0.440 e. The zero-order chi connectivity index (χ0) is 14.4. The molecule has 2 N–H and O–H groups in total. The van der Waals surface area contributed by atoms with Crippen LogP contribution in [-0.2, 0) is 4.79 Å². The van der Waals surface area contributed by atoms with Crippen molar-refractivity contribution in [3.8, 4) is 0 Å². The lowest BCUT2D eigenvalue weighted by molar-refractivity contribution is -0.131. The van der Waals surface area contributed by atoms with Gasteiger partial charge in [-0.05, 0) is 43.2 Å². The monoisotopic (exact) mass is 304 g/mol. The summed E-state index contributed by atoms with van der Waals surface area (Å²) in [5.41, 5.74) is 0.892. The van der Waals surface area contributed by atoms with E-state index in [1.165, 1.54) is 0 Å². The molecule has 2 heterocycles. The topological polar surface area (TPSA) is 75.4 Å². The Morgan fingerprint density at radius 2 is 2.33 bits per heavy atom. The normalized spacial score (nSPS) is 25.4. The zero-order valence-corrected chi connectivity index (χ0v) is 12.3. The van der Waals surface area contributed by atoms with Crippen LogP contribution in [0.4, 0.5) is 5.69 Å². The van der Waals surface area contributed by atoms with Gasteiger partial charge >= 0.3 is 0 Å². The highest BCUT2D eigenvalue weighted by Crippen LogP contribution is 2.40. The summed E-state index contributed by atoms with van der Waals surface area (Å²) in [5, 5.41) is 13.0. The number of anilines is 1. The Hall–Kier alpha value is -1.53. The van der Waals surface area contributed by atoms with E-state index >= 15 is 0 Å². The summed E-state index contributed by atoms with van der Waals surface area (Å²) in [5.74, 6) is 2.19. The number of amides is 1. The second-order valence-electron chi connectivity index (χ2n) is 5.80. The molecule has 5 nitrogen and oxygen atoms in total. The smallest absolute Gasteiger partial charge is 0.257 e. The quantitative estimate of drug-likeness (QED) is 0.911. The van der Waals surface area contributed by atoms with Gasteiger partial charge in [-0.25, -0.2) is 4.98 Å². The third-order valence-electron chi connectivity index (χ3n) is 4.01. The Morgan fingerprint density at radius 1 is 1.48 bits per heavy atom. The van der Waals surface area contributed by atoms with Crippen LogP contribution < -0.4 is 5.32 Å². The fraction of sp³-hybridized carbons (Fsp3) is 0.467. The molecule has 1 saturated carbocycles. The van der Waals surface area contributed by atoms with Crippen LogP contribution in [0.25, 0.3) is 11.1 Å². The largest absolute Gasteiger partial charge is 0.440 e. The third kappa shape index (κ3) is 2.42. The number of thioether (sulfide) groups is 1. The minimum absolute atomic E-state index is 0.335. The number of hydrogen-bond donors (Lipinski definition) is 2. The number of benzene rings is 1. The maximum atomic E-state index is 12.2. The van der Waals surface area contributed by atoms with Crippen molar-refractivity contribution in [2.75, 3.05) is 16.8 Å². The van der Waals surface area contributed by atoms with Crippen molar-refractivity contribution < 1.29 is 14.3 Å². The van der Waals surface area contributed by atoms with E-state index in [2.05, 4.69) is 10.3 Å². The number of carbonyl (C=O) groups is 1. The number of nitrogens with one attached hydrogen (secondary N) is 1. The van der Waals surface area contributed by atoms with Gasteiger partial charge in [0.15, 0.2) is 17.1 Å². The lowest BCUT2D eigenvalue weighted by Crippen LogP contribution is -2.42. The number of oxazole rings is 1. The molecule has 4 rings (SSSR count). The molecule has 1 unspecified atom stereocenters. The molecule has 1 saturated heterocycles. The van der Waals surface area contributed by atoms with Gasteiger partial charge in [0.2, 0.25) is 0 Å². The van der Waals surface area contributed by atoms with Gasteiger partial charge in [0.1, 0.15) is 5.52 Å². The number of rotatable bonds is 3. The SMILES string of the molecule is O=C(Nc1ccc2oc(C3CC3)nc2c1)C1(O)CCSC1. The number of carbonyl (C=O) groups excluding carboxylic acids is 1. The molecule has 1 amide bonds. The molecule has 1 aliphatic carbocycles. The van der Waals surface area contributed by atoms with Crippen LogP contribution in [0.1, 0.15) is 31.1 Å². The molecule has 6 heteroatoms. The van der Waals surface area contributed by atoms with Crippen molar-refractivity contribution in [1.29, 1.82) is 0 Å². The van der Waals surface area contributed by atoms with E-state index < -0.39 is 5.60 Å². The summed E-state index contributed by atoms with van der Waals surface area (Å²) in [6, 6.07) is 5.40. The molecular formula is C15H16N2O3S. The summed E-state index contributed by atoms with van der Waals surface area (Å²) in [4.78, 5) is 16.7. The molecule has 21 heavy (non-hydrogen) atoms. The molecule has 0 bridgehead atoms. The van der Waals surface area contributed by atoms with E-state index in [4.69, 9.17) is 4.42 Å². The highest BCUT2D eigenvalue weighted by atomic mass is 32.2. The Bertz CT molecular complexity index is 702. The number of nitrogens with zero attached hydrogens (tertiary/aromatic N) is 1. The zero-order valence-electron chi connectivity index (χ0n) is 11.5. The second kappa shape index (κ2) is 4.74. The second-order valence-corrected chi connectivity index (χ2v) is 6.90. The highest BCUT2D eigenvalue weighted by molar-refractivity contribution is 7.99. The molecule has 110 valence electrons. The maximum Gasteiger partial charge on any atom is 0.257 e. The Kier molecular flexibility index (Phi) is 2.97. The molecule has 2 fully saturated rings. The molecule has 0 radical (unpaired) electrons. The minimum atomic E-state index is -1.25. The predicted molar refractivity (Wildman–Crippen MR) is 81.5 cm³/mol. The van der Waals surface area contributed by atoms with Crippen LogP contribution in [0.2, 0.25) is 0 Å². The molecule has 1 aromatic heterocycles. The number of hydrogen-bond acceptors (Lipinski definition) is 5. The molecule has 1 atom stereocenters. The average Bonchev–Trinajstić information content (AvgIpc) is 3.08. The van der Waals surface area contributed by atoms with E-state index in [0.29, 0.717) is 23.8 Å². The summed E-state index contributed by atoms with van der Waals surface area (Å²) < 4.78 is 5.70. The molecule has 2 aromatic rings. The van der Waals surface area contributed by atoms with Gasteiger partial charge in [-0.2, -0.15) is 11.8 Å². The molecular weight excluding hydrogens is 288 g/mol. The van der Waals surface area contributed by atoms with Gasteiger partial charge in [0.05, 0.1) is 0 Å². The summed E-state index contributed by atoms with van der Waals surface area (Å²) in [7, 11) is 0. The molecule has 2 aliphatic rings. The maximum absolute atomic E-state index is 12.2. The van der Waals surface area contributed by atoms with Gasteiger partial charge in [-0.15, -0.1) is 0 Å². The van der Waals surface area contributed by atoms with Crippen LogP contribution in [0.5, 0.6) is 0 Å². The van der Waals surface area contributed by atoms with E-state index in [9.17, 15) is 9.90 Å². The molecule has 1 aromatic carbocycles. The number of aromatic nitrogens is 1. The third-order valence-corrected chi connectivity index (χ3v) is 5.19. The first-order chi connectivity index (χ1) is 10.1. The van der Waals surface area contributed by atoms with Crippen molar-refractivity contribution in [2.24, 2.45) is 0 Å². The van der Waals surface area contributed by atoms with Gasteiger partial charge in [0.25, 0.3) is 5.91 Å². The number of aliphatic hydroxyl groups is 1. The first-order valence-corrected chi connectivity index (χ1v) is 8.32. The predicted octanol–water partition coefficient (Wildman–Crippen LogP) is 2.51. The molecule has 0 spiro atoms. The Labute approximate surface area is 126 Å². The van der Waals surface area contributed by atoms with Crippen LogP contribution in [0.15, 0.2) is 22.6 Å². The first-order valence-electron chi connectivity index (χ1n) is 7.16. The molecule has 1 aliphatic heterocycles. The van der Waals surface area contributed by atoms with E-state index in [1.54, 1.807) is 23.9 Å². The summed E-state index contributed by atoms with van der Waals surface area (Å²) in [6.45, 7) is 0. The van der Waals surface area contributed by atoms with Gasteiger partial charge < -0.3 is 14.8 Å². The lowest BCUT2D eigenvalue weighted by Gasteiger charge is -2.20. The average molecular weight is 304 g/mol. The van der Waals surface area contributed by atoms with Crippen molar-refractivity contribution in [3.05, 3.63) is 24.1 Å². The first kappa shape index (κ1) is 13.2. The summed E-state index contributed by atoms with van der Waals surface area (Å²) in [6.07, 6.45) is 2.78. The van der Waals surface area contributed by atoms with Crippen LogP contribution >= 0.6 is 11.8 Å². The fourth-order valence-electron chi connectivity index (χ4n) is 2.51. The van der Waals surface area contributed by atoms with Crippen molar-refractivity contribution >= 4 is 34.5 Å². The van der Waals surface area contributed by atoms with Gasteiger partial charge in [0, 0.05) is 17.4 Å². The van der Waals surface area contributed by atoms with Crippen molar-refractivity contribution in [3.63, 3.8) is 0 Å². The van der Waals surface area contributed by atoms with Crippen LogP contribution in [-0.4, -0.2) is 33.1 Å². The van der Waals surface area contributed by atoms with E-state index in [-0.39, 0.29) is 5.91 Å². The van der Waals surface area contributed by atoms with Crippen LogP contribution in [0, 0.1) is 0 Å². The number of fused-ring (bicyclic) bond motifs is 1. The van der Waals surface area contributed by atoms with Gasteiger partial charge in [-0.3, -0.25) is 4.79 Å². The Balaban J connectivity index is 1.57. The van der Waals surface area contributed by atoms with Crippen molar-refractivity contribution in [1.82, 2.24) is 4.98 Å².